The number of nitrogens with zero attached hydrogens (tertiary/aromatic N) is 4. The van der Waals surface area contributed by atoms with Crippen molar-refractivity contribution in [2.24, 2.45) is 5.92 Å². The zero-order chi connectivity index (χ0) is 21.1. The second kappa shape index (κ2) is 8.86. The van der Waals surface area contributed by atoms with Gasteiger partial charge in [0.15, 0.2) is 5.65 Å². The van der Waals surface area contributed by atoms with Gasteiger partial charge in [0.05, 0.1) is 13.0 Å². The number of aromatic nitrogens is 3. The molecule has 1 aliphatic heterocycles. The summed E-state index contributed by atoms with van der Waals surface area (Å²) in [6, 6.07) is 12.1. The lowest BCUT2D eigenvalue weighted by Gasteiger charge is -2.18. The summed E-state index contributed by atoms with van der Waals surface area (Å²) < 4.78 is 7.71. The fourth-order valence-electron chi connectivity index (χ4n) is 4.30. The fourth-order valence-corrected chi connectivity index (χ4v) is 4.30. The summed E-state index contributed by atoms with van der Waals surface area (Å²) in [5, 5.41) is 0. The van der Waals surface area contributed by atoms with Gasteiger partial charge in [0.2, 0.25) is 5.91 Å². The third kappa shape index (κ3) is 4.32. The van der Waals surface area contributed by atoms with Crippen molar-refractivity contribution >= 4 is 17.1 Å². The lowest BCUT2D eigenvalue weighted by atomic mass is 10.0. The van der Waals surface area contributed by atoms with Crippen LogP contribution >= 0.6 is 0 Å². The molecule has 2 aromatic heterocycles. The van der Waals surface area contributed by atoms with E-state index in [2.05, 4.69) is 23.4 Å². The Kier molecular flexibility index (Phi) is 6.02. The Balaban J connectivity index is 1.39. The van der Waals surface area contributed by atoms with E-state index in [-0.39, 0.29) is 5.91 Å². The zero-order valence-electron chi connectivity index (χ0n) is 18.0. The van der Waals surface area contributed by atoms with Crippen LogP contribution in [0.3, 0.4) is 0 Å². The standard InChI is InChI=1S/C24H30N4O2/c1-4-30-20-9-7-18(8-10-20)15-23(29)27-13-11-19(16-27)14-22-26-21-6-5-12-25-24(21)28(22)17(2)3/h5-10,12,17,19H,4,11,13-16H2,1-3H3/t19-/m1/s1. The van der Waals surface area contributed by atoms with Crippen molar-refractivity contribution in [2.45, 2.75) is 46.1 Å². The van der Waals surface area contributed by atoms with Crippen LogP contribution in [0, 0.1) is 5.92 Å². The second-order valence-corrected chi connectivity index (χ2v) is 8.29. The number of amides is 1. The fraction of sp³-hybridized carbons (Fsp3) is 0.458. The monoisotopic (exact) mass is 406 g/mol. The Hall–Kier alpha value is -2.89. The molecule has 30 heavy (non-hydrogen) atoms. The van der Waals surface area contributed by atoms with Crippen LogP contribution in [0.5, 0.6) is 5.75 Å². The minimum atomic E-state index is 0.195. The number of fused-ring (bicyclic) bond motifs is 1. The number of rotatable bonds is 7. The van der Waals surface area contributed by atoms with Crippen LogP contribution in [-0.2, 0) is 17.6 Å². The first kappa shape index (κ1) is 20.4. The van der Waals surface area contributed by atoms with Crippen molar-refractivity contribution in [3.8, 4) is 5.75 Å². The zero-order valence-corrected chi connectivity index (χ0v) is 18.0. The molecule has 0 bridgehead atoms. The lowest BCUT2D eigenvalue weighted by molar-refractivity contribution is -0.129. The van der Waals surface area contributed by atoms with Crippen molar-refractivity contribution in [1.29, 1.82) is 0 Å². The van der Waals surface area contributed by atoms with Crippen LogP contribution in [0.1, 0.15) is 44.6 Å². The number of hydrogen-bond donors (Lipinski definition) is 0. The third-order valence-corrected chi connectivity index (χ3v) is 5.74. The first-order chi connectivity index (χ1) is 14.5. The summed E-state index contributed by atoms with van der Waals surface area (Å²) in [6.45, 7) is 8.56. The van der Waals surface area contributed by atoms with E-state index in [0.717, 1.165) is 54.2 Å². The van der Waals surface area contributed by atoms with Crippen LogP contribution in [0.25, 0.3) is 11.2 Å². The molecule has 0 saturated carbocycles. The number of hydrogen-bond acceptors (Lipinski definition) is 4. The van der Waals surface area contributed by atoms with E-state index in [4.69, 9.17) is 9.72 Å². The van der Waals surface area contributed by atoms with E-state index in [0.29, 0.717) is 25.0 Å². The topological polar surface area (TPSA) is 60.2 Å². The van der Waals surface area contributed by atoms with Gasteiger partial charge in [-0.25, -0.2) is 9.97 Å². The summed E-state index contributed by atoms with van der Waals surface area (Å²) >= 11 is 0. The Labute approximate surface area is 177 Å². The van der Waals surface area contributed by atoms with Gasteiger partial charge in [0.1, 0.15) is 17.1 Å². The van der Waals surface area contributed by atoms with Crippen LogP contribution < -0.4 is 4.74 Å². The molecule has 6 heteroatoms. The molecule has 3 aromatic rings. The molecule has 0 aliphatic carbocycles. The van der Waals surface area contributed by atoms with Crippen molar-refractivity contribution in [2.75, 3.05) is 19.7 Å². The summed E-state index contributed by atoms with van der Waals surface area (Å²) in [5.74, 6) is 2.55. The average Bonchev–Trinajstić information content (AvgIpc) is 3.34. The number of ether oxygens (including phenoxy) is 1. The largest absolute Gasteiger partial charge is 0.494 e. The van der Waals surface area contributed by atoms with Crippen LogP contribution in [0.4, 0.5) is 0 Å². The number of likely N-dealkylation sites (tertiary alicyclic amines) is 1. The molecule has 1 amide bonds. The molecule has 0 unspecified atom stereocenters. The molecule has 0 radical (unpaired) electrons. The van der Waals surface area contributed by atoms with Gasteiger partial charge in [-0.3, -0.25) is 4.79 Å². The minimum absolute atomic E-state index is 0.195. The molecule has 4 rings (SSSR count). The van der Waals surface area contributed by atoms with E-state index >= 15 is 0 Å². The highest BCUT2D eigenvalue weighted by Gasteiger charge is 2.28. The number of carbonyl (C=O) groups excluding carboxylic acids is 1. The Morgan fingerprint density at radius 2 is 2.03 bits per heavy atom. The number of benzene rings is 1. The lowest BCUT2D eigenvalue weighted by Crippen LogP contribution is -2.30. The molecule has 3 heterocycles. The molecule has 1 atom stereocenters. The highest BCUT2D eigenvalue weighted by Crippen LogP contribution is 2.26. The molecule has 1 fully saturated rings. The van der Waals surface area contributed by atoms with E-state index in [1.54, 1.807) is 0 Å². The third-order valence-electron chi connectivity index (χ3n) is 5.74. The minimum Gasteiger partial charge on any atom is -0.494 e. The maximum atomic E-state index is 12.8. The van der Waals surface area contributed by atoms with E-state index < -0.39 is 0 Å². The summed E-state index contributed by atoms with van der Waals surface area (Å²) in [4.78, 5) is 24.2. The smallest absolute Gasteiger partial charge is 0.226 e. The van der Waals surface area contributed by atoms with Gasteiger partial charge >= 0.3 is 0 Å². The van der Waals surface area contributed by atoms with Crippen molar-refractivity contribution in [3.63, 3.8) is 0 Å². The van der Waals surface area contributed by atoms with Gasteiger partial charge in [-0.2, -0.15) is 0 Å². The Morgan fingerprint density at radius 3 is 2.77 bits per heavy atom. The van der Waals surface area contributed by atoms with Crippen molar-refractivity contribution in [1.82, 2.24) is 19.4 Å². The second-order valence-electron chi connectivity index (χ2n) is 8.29. The number of carbonyl (C=O) groups is 1. The molecule has 0 N–H and O–H groups in total. The normalized spacial score (nSPS) is 16.5. The molecule has 6 nitrogen and oxygen atoms in total. The van der Waals surface area contributed by atoms with E-state index in [9.17, 15) is 4.79 Å². The van der Waals surface area contributed by atoms with Crippen molar-refractivity contribution in [3.05, 3.63) is 54.0 Å². The summed E-state index contributed by atoms with van der Waals surface area (Å²) in [5.41, 5.74) is 2.92. The average molecular weight is 407 g/mol. The highest BCUT2D eigenvalue weighted by molar-refractivity contribution is 5.79. The Bertz CT molecular complexity index is 1010. The predicted octanol–water partition coefficient (Wildman–Crippen LogP) is 4.04. The predicted molar refractivity (Wildman–Crippen MR) is 118 cm³/mol. The maximum absolute atomic E-state index is 12.8. The van der Waals surface area contributed by atoms with E-state index in [1.807, 2.05) is 54.4 Å². The molecular weight excluding hydrogens is 376 g/mol. The van der Waals surface area contributed by atoms with Crippen LogP contribution in [0.2, 0.25) is 0 Å². The molecule has 1 aliphatic rings. The molecule has 158 valence electrons. The molecule has 1 aromatic carbocycles. The van der Waals surface area contributed by atoms with Gasteiger partial charge in [0, 0.05) is 31.7 Å². The molecule has 0 spiro atoms. The van der Waals surface area contributed by atoms with E-state index in [1.165, 1.54) is 0 Å². The van der Waals surface area contributed by atoms with Gasteiger partial charge in [-0.15, -0.1) is 0 Å². The van der Waals surface area contributed by atoms with Crippen molar-refractivity contribution < 1.29 is 9.53 Å². The Morgan fingerprint density at radius 1 is 1.23 bits per heavy atom. The molecule has 1 saturated heterocycles. The van der Waals surface area contributed by atoms with Gasteiger partial charge < -0.3 is 14.2 Å². The van der Waals surface area contributed by atoms with Gasteiger partial charge in [0.25, 0.3) is 0 Å². The first-order valence-corrected chi connectivity index (χ1v) is 10.9. The van der Waals surface area contributed by atoms with Crippen LogP contribution in [0.15, 0.2) is 42.6 Å². The SMILES string of the molecule is CCOc1ccc(CC(=O)N2CC[C@H](Cc3nc4cccnc4n3C(C)C)C2)cc1. The van der Waals surface area contributed by atoms with Gasteiger partial charge in [-0.05, 0) is 62.9 Å². The number of imidazole rings is 1. The number of pyridine rings is 1. The quantitative estimate of drug-likeness (QED) is 0.594. The maximum Gasteiger partial charge on any atom is 0.226 e. The van der Waals surface area contributed by atoms with Crippen LogP contribution in [-0.4, -0.2) is 45.0 Å². The highest BCUT2D eigenvalue weighted by atomic mass is 16.5. The first-order valence-electron chi connectivity index (χ1n) is 10.9. The molecular formula is C24H30N4O2. The summed E-state index contributed by atoms with van der Waals surface area (Å²) in [7, 11) is 0. The summed E-state index contributed by atoms with van der Waals surface area (Å²) in [6.07, 6.45) is 4.15. The van der Waals surface area contributed by atoms with Gasteiger partial charge in [-0.1, -0.05) is 12.1 Å².